The summed E-state index contributed by atoms with van der Waals surface area (Å²) in [6, 6.07) is 8.99. The molecule has 6 aliphatic heterocycles. The van der Waals surface area contributed by atoms with Crippen LogP contribution in [0.2, 0.25) is 10.0 Å². The minimum absolute atomic E-state index is 0.0447. The second-order valence-electron chi connectivity index (χ2n) is 23.4. The van der Waals surface area contributed by atoms with Gasteiger partial charge in [-0.1, -0.05) is 47.5 Å². The van der Waals surface area contributed by atoms with Crippen LogP contribution in [0.1, 0.15) is 81.7 Å². The highest BCUT2D eigenvalue weighted by molar-refractivity contribution is 6.32. The summed E-state index contributed by atoms with van der Waals surface area (Å²) >= 11 is 13.9. The molecule has 9 atom stereocenters. The number of phenols is 6. The summed E-state index contributed by atoms with van der Waals surface area (Å²) in [6.07, 6.45) is -3.46. The second kappa shape index (κ2) is 27.8. The topological polar surface area (TPSA) is 429 Å². The van der Waals surface area contributed by atoms with E-state index in [9.17, 15) is 55.5 Å². The molecule has 0 spiro atoms. The first kappa shape index (κ1) is 66.9. The first-order valence-corrected chi connectivity index (χ1v) is 30.6. The van der Waals surface area contributed by atoms with Gasteiger partial charge in [0, 0.05) is 42.8 Å². The number of amides is 7. The van der Waals surface area contributed by atoms with E-state index in [1.165, 1.54) is 60.7 Å². The minimum Gasteiger partial charge on any atom is -0.508 e. The molecule has 6 heterocycles. The van der Waals surface area contributed by atoms with Crippen LogP contribution in [0.15, 0.2) is 115 Å². The molecule has 0 aliphatic carbocycles. The summed E-state index contributed by atoms with van der Waals surface area (Å²) in [5, 5.41) is 122. The van der Waals surface area contributed by atoms with Crippen LogP contribution in [0.25, 0.3) is 11.1 Å². The molecular formula is C66H63Cl2N9O19. The lowest BCUT2D eigenvalue weighted by Crippen LogP contribution is -2.56. The zero-order valence-electron chi connectivity index (χ0n) is 50.7. The first-order chi connectivity index (χ1) is 45.8. The number of phenolic OH excluding ortho intramolecular Hbond substituents is 6. The fourth-order valence-corrected chi connectivity index (χ4v) is 11.9. The number of aromatic hydroxyl groups is 6. The van der Waals surface area contributed by atoms with Gasteiger partial charge in [0.15, 0.2) is 23.0 Å². The third-order valence-electron chi connectivity index (χ3n) is 16.3. The Balaban J connectivity index is 1.11. The lowest BCUT2D eigenvalue weighted by atomic mass is 9.89. The number of aliphatic hydroxyl groups is 3. The second-order valence-corrected chi connectivity index (χ2v) is 24.2. The maximum atomic E-state index is 15.9. The SMILES string of the molecule is CN(C)CCCNC(=O)[C@@H]1NC(=O)[C@H]2NC(=O)[C@H](NC(=O)[C@@H]3NC(=O)[C@H]4NC(=O)[C@@H](Cc5ccc(c(Cl)c5)Oc5cc3cc(c5O)Oc3ccc(cc3Cl)[C@H]2O)NC(=O)[C@@H](NCC(O)CO)c2ccc(O)c(c2)Oc2cc(O)cc4c2)c2ccc(O)c(c2)-c2c(O)cc(O)cc21. The molecule has 7 aromatic carbocycles. The number of ether oxygens (including phenoxy) is 3. The molecule has 17 N–H and O–H groups in total. The Labute approximate surface area is 555 Å². The van der Waals surface area contributed by atoms with Crippen LogP contribution in [0.4, 0.5) is 0 Å². The van der Waals surface area contributed by atoms with Gasteiger partial charge in [-0.05, 0) is 145 Å². The van der Waals surface area contributed by atoms with E-state index in [0.717, 1.165) is 54.6 Å². The predicted molar refractivity (Wildman–Crippen MR) is 340 cm³/mol. The van der Waals surface area contributed by atoms with Crippen molar-refractivity contribution in [3.63, 3.8) is 0 Å². The molecule has 17 bridgehead atoms. The Morgan fingerprint density at radius 1 is 0.583 bits per heavy atom. The molecule has 13 rings (SSSR count). The van der Waals surface area contributed by atoms with Crippen LogP contribution < -0.4 is 56.7 Å². The first-order valence-electron chi connectivity index (χ1n) is 29.8. The van der Waals surface area contributed by atoms with Gasteiger partial charge in [0.25, 0.3) is 0 Å². The van der Waals surface area contributed by atoms with Gasteiger partial charge in [-0.3, -0.25) is 38.9 Å². The molecule has 28 nitrogen and oxygen atoms in total. The lowest BCUT2D eigenvalue weighted by molar-refractivity contribution is -0.137. The number of nitrogens with one attached hydrogen (secondary N) is 8. The van der Waals surface area contributed by atoms with Gasteiger partial charge in [-0.2, -0.15) is 0 Å². The number of carbonyl (C=O) groups excluding carboxylic acids is 7. The zero-order chi connectivity index (χ0) is 68.5. The summed E-state index contributed by atoms with van der Waals surface area (Å²) in [7, 11) is 3.62. The van der Waals surface area contributed by atoms with Crippen LogP contribution in [-0.4, -0.2) is 151 Å². The maximum Gasteiger partial charge on any atom is 0.248 e. The van der Waals surface area contributed by atoms with E-state index in [-0.39, 0.29) is 103 Å². The van der Waals surface area contributed by atoms with Crippen molar-refractivity contribution >= 4 is 64.6 Å². The van der Waals surface area contributed by atoms with Crippen LogP contribution >= 0.6 is 23.2 Å². The Kier molecular flexibility index (Phi) is 19.3. The zero-order valence-corrected chi connectivity index (χ0v) is 52.2. The molecule has 7 amide bonds. The molecule has 0 aromatic heterocycles. The van der Waals surface area contributed by atoms with E-state index in [2.05, 4.69) is 42.5 Å². The number of halogens is 2. The maximum absolute atomic E-state index is 15.9. The Bertz CT molecular complexity index is 4290. The van der Waals surface area contributed by atoms with Gasteiger partial charge < -0.3 is 102 Å². The number of nitrogens with zero attached hydrogens (tertiary/aromatic N) is 1. The lowest BCUT2D eigenvalue weighted by Gasteiger charge is -2.31. The Morgan fingerprint density at radius 2 is 1.19 bits per heavy atom. The number of hydrogen-bond acceptors (Lipinski definition) is 21. The van der Waals surface area contributed by atoms with E-state index < -0.39 is 148 Å². The highest BCUT2D eigenvalue weighted by atomic mass is 35.5. The number of rotatable bonds is 9. The van der Waals surface area contributed by atoms with E-state index in [1.807, 2.05) is 19.0 Å². The fourth-order valence-electron chi connectivity index (χ4n) is 11.5. The molecular weight excluding hydrogens is 1290 g/mol. The number of fused-ring (bicyclic) bond motifs is 14. The number of benzene rings is 7. The largest absolute Gasteiger partial charge is 0.508 e. The van der Waals surface area contributed by atoms with Gasteiger partial charge in [0.1, 0.15) is 88.6 Å². The number of hydrogen-bond donors (Lipinski definition) is 17. The summed E-state index contributed by atoms with van der Waals surface area (Å²) in [4.78, 5) is 109. The highest BCUT2D eigenvalue weighted by Gasteiger charge is 2.42. The molecule has 7 aromatic rings. The van der Waals surface area contributed by atoms with Crippen LogP contribution in [0.5, 0.6) is 69.0 Å². The molecule has 1 unspecified atom stereocenters. The normalized spacial score (nSPS) is 21.2. The Morgan fingerprint density at radius 3 is 1.86 bits per heavy atom. The summed E-state index contributed by atoms with van der Waals surface area (Å²) < 4.78 is 18.7. The van der Waals surface area contributed by atoms with Crippen molar-refractivity contribution in [3.8, 4) is 80.1 Å². The van der Waals surface area contributed by atoms with Crippen molar-refractivity contribution in [2.45, 2.75) is 67.3 Å². The summed E-state index contributed by atoms with van der Waals surface area (Å²) in [5.74, 6) is -13.8. The number of carbonyl (C=O) groups is 7. The van der Waals surface area contributed by atoms with Crippen LogP contribution in [0.3, 0.4) is 0 Å². The minimum atomic E-state index is -2.19. The van der Waals surface area contributed by atoms with Crippen molar-refractivity contribution in [2.75, 3.05) is 40.3 Å². The third kappa shape index (κ3) is 14.2. The van der Waals surface area contributed by atoms with Crippen LogP contribution in [-0.2, 0) is 40.0 Å². The molecule has 500 valence electrons. The highest BCUT2D eigenvalue weighted by Crippen LogP contribution is 2.48. The summed E-state index contributed by atoms with van der Waals surface area (Å²) in [5.41, 5.74) is -1.58. The average Bonchev–Trinajstić information content (AvgIpc) is 0.768. The van der Waals surface area contributed by atoms with E-state index >= 15 is 24.0 Å². The quantitative estimate of drug-likeness (QED) is 0.0910. The standard InChI is InChI=1S/C66H63Cl2N9O19/c1-77(2)13-3-12-69-61(88)56-39-24-35(80)25-45(84)51(39)38-18-29(5-8-43(38)82)53-63(90)76-57(66(93)75-56)58(85)31-7-11-47(41(68)19-31)96-50-22-33-21-49(59(50)86)95-46-10-4-28(14-40(46)67)15-42-60(87)72-54(64(91)74-55(33)65(92)73-53)32-16-34(79)23-37(17-32)94-48-20-30(6-9-44(48)83)52(62(89)71-42)70-26-36(81)27-78/h4-11,14,16-25,36,42,52-58,70,78-86H,3,12-13,15,26-27H2,1-2H3,(H,69,88)(H,71,89)(H,72,87)(H,73,92)(H,74,91)(H,75,93)(H,76,90)/t36?,42-,52+,53-,54+,55-,56-,57+,58-/m1/s1. The summed E-state index contributed by atoms with van der Waals surface area (Å²) in [6.45, 7) is -0.542. The van der Waals surface area contributed by atoms with Crippen molar-refractivity contribution < 1.29 is 93.7 Å². The molecule has 0 radical (unpaired) electrons. The smallest absolute Gasteiger partial charge is 0.248 e. The van der Waals surface area contributed by atoms with Gasteiger partial charge in [-0.25, -0.2) is 0 Å². The van der Waals surface area contributed by atoms with E-state index in [4.69, 9.17) is 37.4 Å². The van der Waals surface area contributed by atoms with Gasteiger partial charge in [0.05, 0.1) is 22.8 Å². The van der Waals surface area contributed by atoms with Crippen molar-refractivity contribution in [3.05, 3.63) is 164 Å². The average molecular weight is 1360 g/mol. The molecule has 0 saturated carbocycles. The molecule has 30 heteroatoms. The molecule has 6 aliphatic rings. The third-order valence-corrected chi connectivity index (χ3v) is 16.9. The molecule has 0 saturated heterocycles. The molecule has 0 fully saturated rings. The van der Waals surface area contributed by atoms with Crippen molar-refractivity contribution in [1.29, 1.82) is 0 Å². The van der Waals surface area contributed by atoms with E-state index in [1.54, 1.807) is 0 Å². The van der Waals surface area contributed by atoms with Crippen LogP contribution in [0, 0.1) is 0 Å². The predicted octanol–water partition coefficient (Wildman–Crippen LogP) is 3.95. The van der Waals surface area contributed by atoms with E-state index in [0.29, 0.717) is 13.0 Å². The van der Waals surface area contributed by atoms with Crippen molar-refractivity contribution in [1.82, 2.24) is 47.4 Å². The van der Waals surface area contributed by atoms with Gasteiger partial charge >= 0.3 is 0 Å². The Hall–Kier alpha value is -10.6. The fraction of sp³-hybridized carbons (Fsp3) is 0.258. The van der Waals surface area contributed by atoms with Crippen molar-refractivity contribution in [2.24, 2.45) is 0 Å². The van der Waals surface area contributed by atoms with Gasteiger partial charge in [0.2, 0.25) is 47.1 Å². The molecule has 96 heavy (non-hydrogen) atoms. The monoisotopic (exact) mass is 1360 g/mol. The van der Waals surface area contributed by atoms with Gasteiger partial charge in [-0.15, -0.1) is 0 Å². The number of aliphatic hydroxyl groups excluding tert-OH is 3.